The van der Waals surface area contributed by atoms with Crippen molar-refractivity contribution in [2.75, 3.05) is 31.1 Å². The van der Waals surface area contributed by atoms with Crippen LogP contribution in [0, 0.1) is 13.8 Å². The molecule has 7 heteroatoms. The molecule has 0 spiro atoms. The maximum absolute atomic E-state index is 14.0. The zero-order valence-corrected chi connectivity index (χ0v) is 21.8. The van der Waals surface area contributed by atoms with Gasteiger partial charge < -0.3 is 9.32 Å². The molecule has 0 radical (unpaired) electrons. The van der Waals surface area contributed by atoms with E-state index >= 15 is 0 Å². The fraction of sp³-hybridized carbons (Fsp3) is 0.276. The quantitative estimate of drug-likeness (QED) is 0.198. The summed E-state index contributed by atoms with van der Waals surface area (Å²) in [6.45, 7) is 11.1. The third-order valence-corrected chi connectivity index (χ3v) is 7.92. The number of thiazole rings is 1. The van der Waals surface area contributed by atoms with Gasteiger partial charge in [0.15, 0.2) is 5.13 Å². The number of carbonyl (C=O) groups is 1. The van der Waals surface area contributed by atoms with Gasteiger partial charge in [-0.1, -0.05) is 61.6 Å². The Kier molecular flexibility index (Phi) is 6.60. The SMILES string of the molecule is CCN(CC)CCN(C(=O)c1cc2c(ccc3ccccc32)oc1=O)c1nc2cc(C)cc(C)c2s1. The Hall–Kier alpha value is -3.55. The summed E-state index contributed by atoms with van der Waals surface area (Å²) in [5, 5.41) is 3.30. The van der Waals surface area contributed by atoms with E-state index in [0.717, 1.165) is 50.6 Å². The smallest absolute Gasteiger partial charge is 0.349 e. The molecule has 184 valence electrons. The van der Waals surface area contributed by atoms with Crippen LogP contribution in [-0.4, -0.2) is 42.0 Å². The van der Waals surface area contributed by atoms with Crippen LogP contribution in [0.2, 0.25) is 0 Å². The highest BCUT2D eigenvalue weighted by atomic mass is 32.1. The lowest BCUT2D eigenvalue weighted by molar-refractivity contribution is 0.0980. The molecule has 0 aliphatic heterocycles. The van der Waals surface area contributed by atoms with Gasteiger partial charge in [0.2, 0.25) is 0 Å². The van der Waals surface area contributed by atoms with Crippen LogP contribution in [0.25, 0.3) is 32.0 Å². The van der Waals surface area contributed by atoms with Crippen molar-refractivity contribution in [2.24, 2.45) is 0 Å². The van der Waals surface area contributed by atoms with Gasteiger partial charge in [0.05, 0.1) is 10.2 Å². The molecule has 3 aromatic carbocycles. The molecule has 0 saturated carbocycles. The summed E-state index contributed by atoms with van der Waals surface area (Å²) < 4.78 is 6.69. The van der Waals surface area contributed by atoms with Gasteiger partial charge in [-0.05, 0) is 67.0 Å². The highest BCUT2D eigenvalue weighted by molar-refractivity contribution is 7.22. The van der Waals surface area contributed by atoms with Crippen LogP contribution < -0.4 is 10.5 Å². The van der Waals surface area contributed by atoms with Gasteiger partial charge in [0.1, 0.15) is 11.1 Å². The fourth-order valence-corrected chi connectivity index (χ4v) is 5.75. The molecule has 0 aliphatic carbocycles. The summed E-state index contributed by atoms with van der Waals surface area (Å²) >= 11 is 1.49. The summed E-state index contributed by atoms with van der Waals surface area (Å²) in [4.78, 5) is 35.7. The number of aryl methyl sites for hydroxylation is 2. The van der Waals surface area contributed by atoms with E-state index in [4.69, 9.17) is 9.40 Å². The number of aromatic nitrogens is 1. The van der Waals surface area contributed by atoms with Crippen LogP contribution in [0.5, 0.6) is 0 Å². The number of hydrogen-bond acceptors (Lipinski definition) is 6. The molecule has 6 nitrogen and oxygen atoms in total. The Morgan fingerprint density at radius 3 is 2.53 bits per heavy atom. The van der Waals surface area contributed by atoms with Crippen LogP contribution >= 0.6 is 11.3 Å². The molecule has 0 fully saturated rings. The first-order chi connectivity index (χ1) is 17.4. The number of hydrogen-bond donors (Lipinski definition) is 0. The molecule has 5 rings (SSSR count). The minimum absolute atomic E-state index is 0.0190. The lowest BCUT2D eigenvalue weighted by Crippen LogP contribution is -2.40. The molecule has 0 saturated heterocycles. The minimum atomic E-state index is -0.635. The predicted octanol–water partition coefficient (Wildman–Crippen LogP) is 6.16. The van der Waals surface area contributed by atoms with Gasteiger partial charge >= 0.3 is 5.63 Å². The second-order valence-electron chi connectivity index (χ2n) is 9.06. The number of anilines is 1. The number of likely N-dealkylation sites (N-methyl/N-ethyl adjacent to an activating group) is 1. The summed E-state index contributed by atoms with van der Waals surface area (Å²) in [5.74, 6) is -0.390. The molecule has 0 bridgehead atoms. The standard InChI is InChI=1S/C29H29N3O3S/c1-5-31(6-2)13-14-32(29-30-24-16-18(3)15-19(4)26(24)36-29)27(33)23-17-22-21-10-8-7-9-20(21)11-12-25(22)35-28(23)34/h7-12,15-17H,5-6,13-14H2,1-4H3. The molecule has 0 N–H and O–H groups in total. The van der Waals surface area contributed by atoms with E-state index < -0.39 is 5.63 Å². The maximum atomic E-state index is 14.0. The largest absolute Gasteiger partial charge is 0.422 e. The van der Waals surface area contributed by atoms with Crippen molar-refractivity contribution >= 4 is 54.3 Å². The van der Waals surface area contributed by atoms with Gasteiger partial charge in [-0.15, -0.1) is 0 Å². The topological polar surface area (TPSA) is 66.7 Å². The predicted molar refractivity (Wildman–Crippen MR) is 149 cm³/mol. The first kappa shape index (κ1) is 24.2. The van der Waals surface area contributed by atoms with E-state index in [2.05, 4.69) is 31.7 Å². The van der Waals surface area contributed by atoms with E-state index in [-0.39, 0.29) is 11.5 Å². The minimum Gasteiger partial charge on any atom is -0.422 e. The van der Waals surface area contributed by atoms with Crippen LogP contribution in [-0.2, 0) is 0 Å². The summed E-state index contributed by atoms with van der Waals surface area (Å²) in [5.41, 5.74) is 2.97. The number of benzene rings is 3. The van der Waals surface area contributed by atoms with E-state index in [1.165, 1.54) is 11.3 Å². The number of nitrogens with zero attached hydrogens (tertiary/aromatic N) is 3. The van der Waals surface area contributed by atoms with Crippen molar-refractivity contribution < 1.29 is 9.21 Å². The molecule has 1 amide bonds. The Balaban J connectivity index is 1.63. The molecule has 0 unspecified atom stereocenters. The molecule has 36 heavy (non-hydrogen) atoms. The van der Waals surface area contributed by atoms with E-state index in [0.29, 0.717) is 23.8 Å². The molecule has 5 aromatic rings. The van der Waals surface area contributed by atoms with Crippen molar-refractivity contribution in [2.45, 2.75) is 27.7 Å². The normalized spacial score (nSPS) is 11.7. The molecule has 2 heterocycles. The van der Waals surface area contributed by atoms with E-state index in [1.54, 1.807) is 17.0 Å². The summed E-state index contributed by atoms with van der Waals surface area (Å²) in [7, 11) is 0. The third-order valence-electron chi connectivity index (χ3n) is 6.69. The van der Waals surface area contributed by atoms with Crippen molar-refractivity contribution in [3.63, 3.8) is 0 Å². The molecule has 2 aromatic heterocycles. The highest BCUT2D eigenvalue weighted by Crippen LogP contribution is 2.33. The molecular formula is C29H29N3O3S. The molecular weight excluding hydrogens is 470 g/mol. The van der Waals surface area contributed by atoms with Gasteiger partial charge in [-0.25, -0.2) is 9.78 Å². The third kappa shape index (κ3) is 4.40. The van der Waals surface area contributed by atoms with Crippen molar-refractivity contribution in [1.82, 2.24) is 9.88 Å². The van der Waals surface area contributed by atoms with Crippen LogP contribution in [0.3, 0.4) is 0 Å². The average molecular weight is 500 g/mol. The first-order valence-corrected chi connectivity index (χ1v) is 13.1. The van der Waals surface area contributed by atoms with Crippen LogP contribution in [0.1, 0.15) is 35.3 Å². The lowest BCUT2D eigenvalue weighted by Gasteiger charge is -2.24. The Morgan fingerprint density at radius 2 is 1.75 bits per heavy atom. The lowest BCUT2D eigenvalue weighted by atomic mass is 10.0. The Morgan fingerprint density at radius 1 is 0.972 bits per heavy atom. The zero-order chi connectivity index (χ0) is 25.4. The summed E-state index contributed by atoms with van der Waals surface area (Å²) in [6.07, 6.45) is 0. The van der Waals surface area contributed by atoms with Crippen molar-refractivity contribution in [3.05, 3.63) is 81.7 Å². The van der Waals surface area contributed by atoms with Crippen molar-refractivity contribution in [3.8, 4) is 0 Å². The second kappa shape index (κ2) is 9.84. The number of amides is 1. The van der Waals surface area contributed by atoms with Gasteiger partial charge in [-0.3, -0.25) is 9.69 Å². The Bertz CT molecular complexity index is 1650. The highest BCUT2D eigenvalue weighted by Gasteiger charge is 2.26. The average Bonchev–Trinajstić information content (AvgIpc) is 3.30. The number of rotatable bonds is 7. The zero-order valence-electron chi connectivity index (χ0n) is 21.0. The van der Waals surface area contributed by atoms with Gasteiger partial charge in [0.25, 0.3) is 5.91 Å². The van der Waals surface area contributed by atoms with E-state index in [9.17, 15) is 9.59 Å². The number of fused-ring (bicyclic) bond motifs is 4. The molecule has 0 aliphatic rings. The number of carbonyl (C=O) groups excluding carboxylic acids is 1. The van der Waals surface area contributed by atoms with Crippen LogP contribution in [0.4, 0.5) is 5.13 Å². The van der Waals surface area contributed by atoms with Crippen molar-refractivity contribution in [1.29, 1.82) is 0 Å². The summed E-state index contributed by atoms with van der Waals surface area (Å²) in [6, 6.07) is 17.4. The maximum Gasteiger partial charge on any atom is 0.349 e. The second-order valence-corrected chi connectivity index (χ2v) is 10.0. The van der Waals surface area contributed by atoms with E-state index in [1.807, 2.05) is 43.3 Å². The van der Waals surface area contributed by atoms with Crippen LogP contribution in [0.15, 0.2) is 63.8 Å². The van der Waals surface area contributed by atoms with Gasteiger partial charge in [0, 0.05) is 18.5 Å². The first-order valence-electron chi connectivity index (χ1n) is 12.3. The Labute approximate surface area is 213 Å². The van der Waals surface area contributed by atoms with Gasteiger partial charge in [-0.2, -0.15) is 0 Å². The monoisotopic (exact) mass is 499 g/mol. The molecule has 0 atom stereocenters. The fourth-order valence-electron chi connectivity index (χ4n) is 4.71.